The summed E-state index contributed by atoms with van der Waals surface area (Å²) in [6.07, 6.45) is 1.55. The van der Waals surface area contributed by atoms with E-state index in [-0.39, 0.29) is 5.56 Å². The summed E-state index contributed by atoms with van der Waals surface area (Å²) in [4.78, 5) is 16.6. The molecule has 0 saturated carbocycles. The number of nitrogens with zero attached hydrogens (tertiary/aromatic N) is 2. The van der Waals surface area contributed by atoms with Crippen LogP contribution in [0.25, 0.3) is 5.65 Å². The predicted molar refractivity (Wildman–Crippen MR) is 96.0 cm³/mol. The van der Waals surface area contributed by atoms with Gasteiger partial charge in [0.25, 0.3) is 5.56 Å². The second kappa shape index (κ2) is 7.21. The topological polar surface area (TPSA) is 55.6 Å². The van der Waals surface area contributed by atoms with Gasteiger partial charge in [0.15, 0.2) is 0 Å². The number of rotatable bonds is 5. The maximum Gasteiger partial charge on any atom is 0.258 e. The molecule has 3 aromatic rings. The minimum Gasteiger partial charge on any atom is -0.380 e. The SMILES string of the molecule is COCc1c(Cl)cccc1NCc1cc(=O)n2cc(Cl)ccc2n1. The summed E-state index contributed by atoms with van der Waals surface area (Å²) >= 11 is 12.1. The van der Waals surface area contributed by atoms with Crippen molar-refractivity contribution >= 4 is 34.5 Å². The molecule has 0 spiro atoms. The highest BCUT2D eigenvalue weighted by molar-refractivity contribution is 6.31. The first kappa shape index (κ1) is 16.8. The number of fused-ring (bicyclic) bond motifs is 1. The lowest BCUT2D eigenvalue weighted by atomic mass is 10.2. The van der Waals surface area contributed by atoms with Crippen LogP contribution in [0.5, 0.6) is 0 Å². The van der Waals surface area contributed by atoms with Gasteiger partial charge in [-0.3, -0.25) is 9.20 Å². The summed E-state index contributed by atoms with van der Waals surface area (Å²) in [5, 5.41) is 4.37. The van der Waals surface area contributed by atoms with E-state index in [1.165, 1.54) is 10.5 Å². The van der Waals surface area contributed by atoms with Crippen LogP contribution in [0.4, 0.5) is 5.69 Å². The Morgan fingerprint density at radius 1 is 1.25 bits per heavy atom. The van der Waals surface area contributed by atoms with E-state index in [0.29, 0.717) is 34.5 Å². The zero-order chi connectivity index (χ0) is 17.1. The van der Waals surface area contributed by atoms with Crippen LogP contribution in [-0.2, 0) is 17.9 Å². The lowest BCUT2D eigenvalue weighted by molar-refractivity contribution is 0.185. The number of benzene rings is 1. The largest absolute Gasteiger partial charge is 0.380 e. The molecule has 124 valence electrons. The molecule has 2 heterocycles. The Labute approximate surface area is 148 Å². The van der Waals surface area contributed by atoms with E-state index < -0.39 is 0 Å². The fourth-order valence-corrected chi connectivity index (χ4v) is 2.81. The summed E-state index contributed by atoms with van der Waals surface area (Å²) in [7, 11) is 1.62. The number of nitrogens with one attached hydrogen (secondary N) is 1. The normalized spacial score (nSPS) is 11.0. The Morgan fingerprint density at radius 2 is 2.08 bits per heavy atom. The third kappa shape index (κ3) is 3.53. The molecular weight excluding hydrogens is 349 g/mol. The number of ether oxygens (including phenoxy) is 1. The molecule has 0 radical (unpaired) electrons. The fraction of sp³-hybridized carbons (Fsp3) is 0.176. The number of halogens is 2. The summed E-state index contributed by atoms with van der Waals surface area (Å²) in [6.45, 7) is 0.791. The van der Waals surface area contributed by atoms with Crippen LogP contribution in [-0.4, -0.2) is 16.5 Å². The maximum atomic E-state index is 12.2. The third-order valence-electron chi connectivity index (χ3n) is 3.54. The molecule has 5 nitrogen and oxygen atoms in total. The maximum absolute atomic E-state index is 12.2. The second-order valence-corrected chi connectivity index (χ2v) is 6.06. The molecule has 0 atom stereocenters. The number of methoxy groups -OCH3 is 1. The highest BCUT2D eigenvalue weighted by Crippen LogP contribution is 2.25. The number of pyridine rings is 1. The average molecular weight is 364 g/mol. The van der Waals surface area contributed by atoms with Gasteiger partial charge < -0.3 is 10.1 Å². The predicted octanol–water partition coefficient (Wildman–Crippen LogP) is 3.76. The van der Waals surface area contributed by atoms with Gasteiger partial charge >= 0.3 is 0 Å². The van der Waals surface area contributed by atoms with E-state index in [1.807, 2.05) is 18.2 Å². The van der Waals surface area contributed by atoms with Crippen molar-refractivity contribution in [3.8, 4) is 0 Å². The molecule has 0 saturated heterocycles. The van der Waals surface area contributed by atoms with E-state index >= 15 is 0 Å². The van der Waals surface area contributed by atoms with Crippen LogP contribution in [0.2, 0.25) is 10.0 Å². The third-order valence-corrected chi connectivity index (χ3v) is 4.12. The van der Waals surface area contributed by atoms with Gasteiger partial charge in [-0.25, -0.2) is 4.98 Å². The summed E-state index contributed by atoms with van der Waals surface area (Å²) < 4.78 is 6.60. The average Bonchev–Trinajstić information content (AvgIpc) is 2.56. The standard InChI is InChI=1S/C17H15Cl2N3O2/c1-24-10-13-14(19)3-2-4-15(13)20-8-12-7-17(23)22-9-11(18)5-6-16(22)21-12/h2-7,9,20H,8,10H2,1H3. The van der Waals surface area contributed by atoms with E-state index in [9.17, 15) is 4.79 Å². The molecule has 0 amide bonds. The molecule has 0 unspecified atom stereocenters. The highest BCUT2D eigenvalue weighted by Gasteiger charge is 2.08. The summed E-state index contributed by atoms with van der Waals surface area (Å²) in [5.74, 6) is 0. The molecule has 0 fully saturated rings. The van der Waals surface area contributed by atoms with E-state index in [2.05, 4.69) is 10.3 Å². The number of anilines is 1. The van der Waals surface area contributed by atoms with Crippen LogP contribution < -0.4 is 10.9 Å². The first-order chi connectivity index (χ1) is 11.6. The zero-order valence-corrected chi connectivity index (χ0v) is 14.4. The summed E-state index contributed by atoms with van der Waals surface area (Å²) in [6, 6.07) is 10.5. The van der Waals surface area contributed by atoms with Gasteiger partial charge in [-0.1, -0.05) is 29.3 Å². The van der Waals surface area contributed by atoms with Crippen LogP contribution >= 0.6 is 23.2 Å². The van der Waals surface area contributed by atoms with Crippen molar-refractivity contribution in [2.24, 2.45) is 0 Å². The monoisotopic (exact) mass is 363 g/mol. The smallest absolute Gasteiger partial charge is 0.258 e. The first-order valence-electron chi connectivity index (χ1n) is 7.26. The van der Waals surface area contributed by atoms with Gasteiger partial charge in [0.05, 0.1) is 23.9 Å². The lowest BCUT2D eigenvalue weighted by Crippen LogP contribution is -2.17. The molecule has 1 aromatic carbocycles. The number of hydrogen-bond donors (Lipinski definition) is 1. The van der Waals surface area contributed by atoms with Crippen molar-refractivity contribution < 1.29 is 4.74 Å². The molecule has 0 bridgehead atoms. The van der Waals surface area contributed by atoms with Crippen molar-refractivity contribution in [2.75, 3.05) is 12.4 Å². The van der Waals surface area contributed by atoms with Crippen LogP contribution in [0.3, 0.4) is 0 Å². The van der Waals surface area contributed by atoms with Crippen molar-refractivity contribution in [1.82, 2.24) is 9.38 Å². The quantitative estimate of drug-likeness (QED) is 0.749. The molecule has 7 heteroatoms. The first-order valence-corrected chi connectivity index (χ1v) is 8.02. The Morgan fingerprint density at radius 3 is 2.88 bits per heavy atom. The van der Waals surface area contributed by atoms with E-state index in [4.69, 9.17) is 27.9 Å². The van der Waals surface area contributed by atoms with Gasteiger partial charge in [-0.05, 0) is 24.3 Å². The zero-order valence-electron chi connectivity index (χ0n) is 12.9. The van der Waals surface area contributed by atoms with Crippen LogP contribution in [0.15, 0.2) is 47.4 Å². The molecular formula is C17H15Cl2N3O2. The minimum absolute atomic E-state index is 0.178. The lowest BCUT2D eigenvalue weighted by Gasteiger charge is -2.13. The van der Waals surface area contributed by atoms with Crippen LogP contribution in [0, 0.1) is 0 Å². The number of aromatic nitrogens is 2. The van der Waals surface area contributed by atoms with E-state index in [1.54, 1.807) is 25.4 Å². The van der Waals surface area contributed by atoms with Gasteiger partial charge in [0.2, 0.25) is 0 Å². The van der Waals surface area contributed by atoms with Crippen molar-refractivity contribution in [3.05, 3.63) is 74.3 Å². The molecule has 24 heavy (non-hydrogen) atoms. The Kier molecular flexibility index (Phi) is 5.04. The number of hydrogen-bond acceptors (Lipinski definition) is 4. The highest BCUT2D eigenvalue weighted by atomic mass is 35.5. The van der Waals surface area contributed by atoms with Gasteiger partial charge in [0.1, 0.15) is 5.65 Å². The molecule has 2 aromatic heterocycles. The van der Waals surface area contributed by atoms with Crippen molar-refractivity contribution in [3.63, 3.8) is 0 Å². The van der Waals surface area contributed by atoms with Gasteiger partial charge in [0, 0.05) is 35.6 Å². The van der Waals surface area contributed by atoms with Crippen molar-refractivity contribution in [2.45, 2.75) is 13.2 Å². The Hall–Kier alpha value is -2.08. The fourth-order valence-electron chi connectivity index (χ4n) is 2.42. The molecule has 1 N–H and O–H groups in total. The second-order valence-electron chi connectivity index (χ2n) is 5.21. The van der Waals surface area contributed by atoms with Gasteiger partial charge in [-0.2, -0.15) is 0 Å². The summed E-state index contributed by atoms with van der Waals surface area (Å²) in [5.41, 5.74) is 2.72. The van der Waals surface area contributed by atoms with Crippen molar-refractivity contribution in [1.29, 1.82) is 0 Å². The van der Waals surface area contributed by atoms with Gasteiger partial charge in [-0.15, -0.1) is 0 Å². The molecule has 0 aliphatic heterocycles. The van der Waals surface area contributed by atoms with E-state index in [0.717, 1.165) is 11.3 Å². The molecule has 0 aliphatic carbocycles. The van der Waals surface area contributed by atoms with Crippen LogP contribution in [0.1, 0.15) is 11.3 Å². The molecule has 3 rings (SSSR count). The minimum atomic E-state index is -0.178. The Bertz CT molecular complexity index is 941. The molecule has 0 aliphatic rings. The Balaban J connectivity index is 1.88.